The van der Waals surface area contributed by atoms with E-state index in [9.17, 15) is 18.0 Å². The van der Waals surface area contributed by atoms with Gasteiger partial charge in [-0.15, -0.1) is 0 Å². The van der Waals surface area contributed by atoms with Crippen molar-refractivity contribution in [2.45, 2.75) is 38.3 Å². The van der Waals surface area contributed by atoms with Gasteiger partial charge in [0, 0.05) is 24.2 Å². The molecular formula is C30H36ClN3O6S. The summed E-state index contributed by atoms with van der Waals surface area (Å²) in [6.07, 6.45) is 0. The van der Waals surface area contributed by atoms with E-state index in [-0.39, 0.29) is 34.7 Å². The number of benzene rings is 3. The van der Waals surface area contributed by atoms with Gasteiger partial charge in [-0.3, -0.25) is 13.9 Å². The van der Waals surface area contributed by atoms with Gasteiger partial charge < -0.3 is 19.7 Å². The standard InChI is InChI=1S/C30H36ClN3O6S/c1-21(2)18-32-30(36)22(3)33(19-23-11-9-10-14-26(23)31)29(35)20-34(24-12-7-6-8-13-24)41(37,38)25-15-16-27(39-4)28(17-25)40-5/h6-17,21-22H,18-20H2,1-5H3,(H,32,36). The Hall–Kier alpha value is -3.76. The van der Waals surface area contributed by atoms with E-state index >= 15 is 0 Å². The molecule has 0 saturated heterocycles. The van der Waals surface area contributed by atoms with Crippen LogP contribution < -0.4 is 19.1 Å². The first-order valence-corrected chi connectivity index (χ1v) is 14.9. The molecule has 0 aliphatic rings. The third-order valence-electron chi connectivity index (χ3n) is 6.42. The van der Waals surface area contributed by atoms with Gasteiger partial charge in [0.05, 0.1) is 24.8 Å². The van der Waals surface area contributed by atoms with Crippen LogP contribution in [0.2, 0.25) is 5.02 Å². The monoisotopic (exact) mass is 601 g/mol. The summed E-state index contributed by atoms with van der Waals surface area (Å²) in [7, 11) is -1.41. The zero-order valence-corrected chi connectivity index (χ0v) is 25.4. The van der Waals surface area contributed by atoms with Gasteiger partial charge >= 0.3 is 0 Å². The summed E-state index contributed by atoms with van der Waals surface area (Å²) in [5.74, 6) is -0.137. The summed E-state index contributed by atoms with van der Waals surface area (Å²) in [4.78, 5) is 28.3. The molecule has 0 bridgehead atoms. The van der Waals surface area contributed by atoms with E-state index in [1.165, 1.54) is 37.3 Å². The van der Waals surface area contributed by atoms with Crippen LogP contribution in [0.25, 0.3) is 0 Å². The van der Waals surface area contributed by atoms with Crippen molar-refractivity contribution in [2.24, 2.45) is 5.92 Å². The van der Waals surface area contributed by atoms with Gasteiger partial charge in [-0.1, -0.05) is 61.8 Å². The van der Waals surface area contributed by atoms with Crippen molar-refractivity contribution >= 4 is 39.1 Å². The van der Waals surface area contributed by atoms with Gasteiger partial charge in [0.1, 0.15) is 12.6 Å². The summed E-state index contributed by atoms with van der Waals surface area (Å²) >= 11 is 6.40. The lowest BCUT2D eigenvalue weighted by Crippen LogP contribution is -2.51. The van der Waals surface area contributed by atoms with Gasteiger partial charge in [-0.2, -0.15) is 0 Å². The smallest absolute Gasteiger partial charge is 0.264 e. The fraction of sp³-hybridized carbons (Fsp3) is 0.333. The Morgan fingerprint density at radius 2 is 1.54 bits per heavy atom. The number of carbonyl (C=O) groups excluding carboxylic acids is 2. The van der Waals surface area contributed by atoms with Gasteiger partial charge in [0.2, 0.25) is 11.8 Å². The molecule has 1 unspecified atom stereocenters. The number of amides is 2. The second kappa shape index (κ2) is 14.2. The molecule has 0 radical (unpaired) electrons. The molecule has 3 aromatic rings. The maximum atomic E-state index is 14.0. The van der Waals surface area contributed by atoms with Crippen LogP contribution in [0.1, 0.15) is 26.3 Å². The normalized spacial score (nSPS) is 12.0. The van der Waals surface area contributed by atoms with Crippen LogP contribution >= 0.6 is 11.6 Å². The average molecular weight is 602 g/mol. The van der Waals surface area contributed by atoms with Crippen molar-refractivity contribution in [3.05, 3.63) is 83.4 Å². The van der Waals surface area contributed by atoms with Crippen molar-refractivity contribution in [1.82, 2.24) is 10.2 Å². The summed E-state index contributed by atoms with van der Waals surface area (Å²) in [6.45, 7) is 5.42. The number of sulfonamides is 1. The number of carbonyl (C=O) groups is 2. The summed E-state index contributed by atoms with van der Waals surface area (Å²) < 4.78 is 39.6. The van der Waals surface area contributed by atoms with E-state index < -0.39 is 28.5 Å². The summed E-state index contributed by atoms with van der Waals surface area (Å²) in [6, 6.07) is 18.6. The highest BCUT2D eigenvalue weighted by Gasteiger charge is 2.33. The second-order valence-corrected chi connectivity index (χ2v) is 12.1. The minimum atomic E-state index is -4.27. The highest BCUT2D eigenvalue weighted by Crippen LogP contribution is 2.32. The molecule has 0 aliphatic carbocycles. The molecule has 220 valence electrons. The number of rotatable bonds is 13. The number of anilines is 1. The first-order chi connectivity index (χ1) is 19.5. The minimum Gasteiger partial charge on any atom is -0.493 e. The van der Waals surface area contributed by atoms with Crippen LogP contribution in [0.15, 0.2) is 77.7 Å². The number of nitrogens with one attached hydrogen (secondary N) is 1. The fourth-order valence-corrected chi connectivity index (χ4v) is 5.70. The molecule has 3 aromatic carbocycles. The van der Waals surface area contributed by atoms with Crippen molar-refractivity contribution in [2.75, 3.05) is 31.6 Å². The summed E-state index contributed by atoms with van der Waals surface area (Å²) in [5.41, 5.74) is 0.908. The average Bonchev–Trinajstić information content (AvgIpc) is 2.97. The van der Waals surface area contributed by atoms with Crippen LogP contribution in [-0.4, -0.2) is 58.5 Å². The third kappa shape index (κ3) is 7.92. The molecule has 0 heterocycles. The van der Waals surface area contributed by atoms with Crippen LogP contribution in [0.4, 0.5) is 5.69 Å². The SMILES string of the molecule is COc1ccc(S(=O)(=O)N(CC(=O)N(Cc2ccccc2Cl)C(C)C(=O)NCC(C)C)c2ccccc2)cc1OC. The number of para-hydroxylation sites is 1. The van der Waals surface area contributed by atoms with Crippen LogP contribution in [-0.2, 0) is 26.2 Å². The second-order valence-electron chi connectivity index (χ2n) is 9.79. The molecule has 11 heteroatoms. The van der Waals surface area contributed by atoms with Gasteiger partial charge in [-0.25, -0.2) is 8.42 Å². The predicted molar refractivity (Wildman–Crippen MR) is 160 cm³/mol. The highest BCUT2D eigenvalue weighted by atomic mass is 35.5. The first-order valence-electron chi connectivity index (χ1n) is 13.1. The molecule has 41 heavy (non-hydrogen) atoms. The Kier molecular flexibility index (Phi) is 11.0. The quantitative estimate of drug-likeness (QED) is 0.303. The van der Waals surface area contributed by atoms with Gasteiger partial charge in [-0.05, 0) is 48.7 Å². The van der Waals surface area contributed by atoms with Gasteiger partial charge in [0.15, 0.2) is 11.5 Å². The molecule has 0 spiro atoms. The maximum absolute atomic E-state index is 14.0. The van der Waals surface area contributed by atoms with Gasteiger partial charge in [0.25, 0.3) is 10.0 Å². The zero-order chi connectivity index (χ0) is 30.2. The molecule has 2 amide bonds. The lowest BCUT2D eigenvalue weighted by atomic mass is 10.1. The molecule has 0 aliphatic heterocycles. The van der Waals surface area contributed by atoms with Crippen molar-refractivity contribution in [3.8, 4) is 11.5 Å². The number of halogens is 1. The van der Waals surface area contributed by atoms with E-state index in [0.717, 1.165) is 4.31 Å². The Morgan fingerprint density at radius 1 is 0.902 bits per heavy atom. The fourth-order valence-electron chi connectivity index (χ4n) is 4.07. The molecule has 3 rings (SSSR count). The van der Waals surface area contributed by atoms with E-state index in [2.05, 4.69) is 5.32 Å². The lowest BCUT2D eigenvalue weighted by Gasteiger charge is -2.32. The van der Waals surface area contributed by atoms with E-state index in [0.29, 0.717) is 22.9 Å². The number of nitrogens with zero attached hydrogens (tertiary/aromatic N) is 2. The van der Waals surface area contributed by atoms with Crippen molar-refractivity contribution in [1.29, 1.82) is 0 Å². The lowest BCUT2D eigenvalue weighted by molar-refractivity contribution is -0.139. The minimum absolute atomic E-state index is 0.00775. The van der Waals surface area contributed by atoms with Crippen molar-refractivity contribution < 1.29 is 27.5 Å². The Morgan fingerprint density at radius 3 is 2.15 bits per heavy atom. The molecular weight excluding hydrogens is 566 g/mol. The van der Waals surface area contributed by atoms with Crippen LogP contribution in [0, 0.1) is 5.92 Å². The predicted octanol–water partition coefficient (Wildman–Crippen LogP) is 4.74. The third-order valence-corrected chi connectivity index (χ3v) is 8.55. The number of methoxy groups -OCH3 is 2. The van der Waals surface area contributed by atoms with E-state index in [1.54, 1.807) is 61.5 Å². The maximum Gasteiger partial charge on any atom is 0.264 e. The Bertz CT molecular complexity index is 1450. The molecule has 9 nitrogen and oxygen atoms in total. The summed E-state index contributed by atoms with van der Waals surface area (Å²) in [5, 5.41) is 3.29. The largest absolute Gasteiger partial charge is 0.493 e. The molecule has 0 fully saturated rings. The van der Waals surface area contributed by atoms with Crippen LogP contribution in [0.3, 0.4) is 0 Å². The Balaban J connectivity index is 2.04. The van der Waals surface area contributed by atoms with E-state index in [4.69, 9.17) is 21.1 Å². The highest BCUT2D eigenvalue weighted by molar-refractivity contribution is 7.92. The number of hydrogen-bond acceptors (Lipinski definition) is 6. The van der Waals surface area contributed by atoms with E-state index in [1.807, 2.05) is 13.8 Å². The molecule has 1 N–H and O–H groups in total. The zero-order valence-electron chi connectivity index (χ0n) is 23.8. The molecule has 0 aromatic heterocycles. The van der Waals surface area contributed by atoms with Crippen molar-refractivity contribution in [3.63, 3.8) is 0 Å². The number of ether oxygens (including phenoxy) is 2. The molecule has 1 atom stereocenters. The Labute approximate surface area is 247 Å². The molecule has 0 saturated carbocycles. The van der Waals surface area contributed by atoms with Crippen LogP contribution in [0.5, 0.6) is 11.5 Å². The topological polar surface area (TPSA) is 105 Å². The number of hydrogen-bond donors (Lipinski definition) is 1. The first kappa shape index (κ1) is 31.8.